The van der Waals surface area contributed by atoms with Gasteiger partial charge in [0.2, 0.25) is 0 Å². The molecule has 26 heavy (non-hydrogen) atoms. The Hall–Kier alpha value is -1.96. The average Bonchev–Trinajstić information content (AvgIpc) is 3.01. The minimum atomic E-state index is -0.836. The van der Waals surface area contributed by atoms with Crippen molar-refractivity contribution in [3.05, 3.63) is 45.4 Å². The zero-order valence-corrected chi connectivity index (χ0v) is 16.3. The quantitative estimate of drug-likeness (QED) is 0.837. The lowest BCUT2D eigenvalue weighted by molar-refractivity contribution is -0.144. The van der Waals surface area contributed by atoms with E-state index in [2.05, 4.69) is 15.3 Å². The number of carboxylic acid groups (broad SMARTS) is 1. The van der Waals surface area contributed by atoms with Crippen molar-refractivity contribution in [1.29, 1.82) is 0 Å². The highest BCUT2D eigenvalue weighted by molar-refractivity contribution is 7.09. The number of aliphatic carboxylic acids is 1. The minimum Gasteiger partial charge on any atom is -0.496 e. The fourth-order valence-electron chi connectivity index (χ4n) is 3.44. The largest absolute Gasteiger partial charge is 0.496 e. The second kappa shape index (κ2) is 8.16. The highest BCUT2D eigenvalue weighted by atomic mass is 32.1. The van der Waals surface area contributed by atoms with E-state index in [0.717, 1.165) is 41.5 Å². The van der Waals surface area contributed by atoms with Gasteiger partial charge in [0.05, 0.1) is 17.8 Å². The van der Waals surface area contributed by atoms with Gasteiger partial charge in [-0.25, -0.2) is 4.98 Å². The van der Waals surface area contributed by atoms with Crippen molar-refractivity contribution in [3.8, 4) is 5.75 Å². The summed E-state index contributed by atoms with van der Waals surface area (Å²) in [7, 11) is 1.58. The molecule has 0 radical (unpaired) electrons. The number of aromatic nitrogens is 1. The van der Waals surface area contributed by atoms with Gasteiger partial charge in [0.25, 0.3) is 0 Å². The molecule has 1 aliphatic rings. The predicted octanol–water partition coefficient (Wildman–Crippen LogP) is 2.71. The van der Waals surface area contributed by atoms with Crippen LogP contribution in [0.25, 0.3) is 0 Å². The molecule has 0 unspecified atom stereocenters. The van der Waals surface area contributed by atoms with Crippen molar-refractivity contribution in [2.45, 2.75) is 26.4 Å². The topological polar surface area (TPSA) is 65.9 Å². The van der Waals surface area contributed by atoms with Crippen LogP contribution >= 0.6 is 11.3 Å². The molecule has 0 bridgehead atoms. The lowest BCUT2D eigenvalue weighted by atomic mass is 10.0. The molecule has 1 aliphatic heterocycles. The summed E-state index contributed by atoms with van der Waals surface area (Å²) in [5.41, 5.74) is 2.85. The van der Waals surface area contributed by atoms with E-state index in [9.17, 15) is 9.90 Å². The van der Waals surface area contributed by atoms with Gasteiger partial charge >= 0.3 is 5.97 Å². The summed E-state index contributed by atoms with van der Waals surface area (Å²) >= 11 is 1.67. The van der Waals surface area contributed by atoms with Crippen LogP contribution in [-0.2, 0) is 11.3 Å². The Morgan fingerprint density at radius 3 is 2.62 bits per heavy atom. The van der Waals surface area contributed by atoms with E-state index in [1.807, 2.05) is 36.9 Å². The third-order valence-electron chi connectivity index (χ3n) is 4.74. The van der Waals surface area contributed by atoms with E-state index in [0.29, 0.717) is 18.8 Å². The molecule has 3 rings (SSSR count). The number of hydrogen-bond acceptors (Lipinski definition) is 6. The number of piperazine rings is 1. The number of hydrogen-bond donors (Lipinski definition) is 1. The molecule has 1 fully saturated rings. The molecule has 0 amide bonds. The zero-order chi connectivity index (χ0) is 18.7. The van der Waals surface area contributed by atoms with Crippen molar-refractivity contribution in [2.75, 3.05) is 33.3 Å². The third kappa shape index (κ3) is 4.23. The number of methoxy groups -OCH3 is 1. The van der Waals surface area contributed by atoms with Gasteiger partial charge in [0, 0.05) is 43.7 Å². The van der Waals surface area contributed by atoms with Crippen LogP contribution in [0.2, 0.25) is 0 Å². The monoisotopic (exact) mass is 375 g/mol. The van der Waals surface area contributed by atoms with Crippen LogP contribution < -0.4 is 4.74 Å². The molecule has 0 spiro atoms. The first kappa shape index (κ1) is 18.8. The second-order valence-electron chi connectivity index (χ2n) is 6.66. The molecule has 1 saturated heterocycles. The standard InChI is InChI=1S/C19H25N3O3S/c1-13-4-5-17(25-3)16(10-13)18(19(23)24)22-8-6-21(7-9-22)11-15-12-26-14(2)20-15/h4-5,10,12,18H,6-9,11H2,1-3H3,(H,23,24)/t18-/m1/s1. The van der Waals surface area contributed by atoms with Gasteiger partial charge < -0.3 is 9.84 Å². The Morgan fingerprint density at radius 2 is 2.04 bits per heavy atom. The number of ether oxygens (including phenoxy) is 1. The molecule has 1 N–H and O–H groups in total. The van der Waals surface area contributed by atoms with Crippen LogP contribution in [0.4, 0.5) is 0 Å². The summed E-state index contributed by atoms with van der Waals surface area (Å²) in [5, 5.41) is 13.1. The summed E-state index contributed by atoms with van der Waals surface area (Å²) in [5.74, 6) is -0.208. The molecule has 1 atom stereocenters. The summed E-state index contributed by atoms with van der Waals surface area (Å²) in [6.07, 6.45) is 0. The van der Waals surface area contributed by atoms with Gasteiger partial charge in [-0.15, -0.1) is 11.3 Å². The molecular weight excluding hydrogens is 350 g/mol. The average molecular weight is 375 g/mol. The first-order valence-corrected chi connectivity index (χ1v) is 9.60. The fourth-order valence-corrected chi connectivity index (χ4v) is 4.05. The van der Waals surface area contributed by atoms with Crippen molar-refractivity contribution in [1.82, 2.24) is 14.8 Å². The highest BCUT2D eigenvalue weighted by Gasteiger charge is 2.32. The van der Waals surface area contributed by atoms with Crippen molar-refractivity contribution >= 4 is 17.3 Å². The van der Waals surface area contributed by atoms with E-state index in [4.69, 9.17) is 4.74 Å². The number of benzene rings is 1. The Kier molecular flexibility index (Phi) is 5.90. The van der Waals surface area contributed by atoms with Crippen LogP contribution in [0.1, 0.15) is 27.9 Å². The van der Waals surface area contributed by atoms with Gasteiger partial charge in [-0.3, -0.25) is 14.6 Å². The van der Waals surface area contributed by atoms with E-state index in [-0.39, 0.29) is 0 Å². The van der Waals surface area contributed by atoms with E-state index in [1.54, 1.807) is 18.4 Å². The Morgan fingerprint density at radius 1 is 1.31 bits per heavy atom. The summed E-state index contributed by atoms with van der Waals surface area (Å²) in [4.78, 5) is 20.9. The van der Waals surface area contributed by atoms with E-state index < -0.39 is 12.0 Å². The van der Waals surface area contributed by atoms with Crippen molar-refractivity contribution in [3.63, 3.8) is 0 Å². The molecule has 6 nitrogen and oxygen atoms in total. The Labute approximate surface area is 158 Å². The van der Waals surface area contributed by atoms with Crippen LogP contribution in [-0.4, -0.2) is 59.1 Å². The SMILES string of the molecule is COc1ccc(C)cc1[C@H](C(=O)O)N1CCN(Cc2csc(C)n2)CC1. The highest BCUT2D eigenvalue weighted by Crippen LogP contribution is 2.31. The Balaban J connectivity index is 1.71. The first-order chi connectivity index (χ1) is 12.5. The van der Waals surface area contributed by atoms with Gasteiger partial charge in [0.1, 0.15) is 11.8 Å². The molecule has 0 saturated carbocycles. The van der Waals surface area contributed by atoms with Crippen LogP contribution in [0.3, 0.4) is 0 Å². The van der Waals surface area contributed by atoms with E-state index >= 15 is 0 Å². The van der Waals surface area contributed by atoms with E-state index in [1.165, 1.54) is 0 Å². The molecule has 7 heteroatoms. The van der Waals surface area contributed by atoms with Gasteiger partial charge in [0.15, 0.2) is 0 Å². The number of carboxylic acids is 1. The van der Waals surface area contributed by atoms with Crippen LogP contribution in [0.5, 0.6) is 5.75 Å². The maximum absolute atomic E-state index is 12.0. The van der Waals surface area contributed by atoms with Crippen LogP contribution in [0.15, 0.2) is 23.6 Å². The maximum Gasteiger partial charge on any atom is 0.325 e. The van der Waals surface area contributed by atoms with Crippen molar-refractivity contribution in [2.24, 2.45) is 0 Å². The van der Waals surface area contributed by atoms with Crippen LogP contribution in [0, 0.1) is 13.8 Å². The summed E-state index contributed by atoms with van der Waals surface area (Å²) in [6.45, 7) is 7.87. The molecule has 140 valence electrons. The maximum atomic E-state index is 12.0. The lowest BCUT2D eigenvalue weighted by Crippen LogP contribution is -2.49. The smallest absolute Gasteiger partial charge is 0.325 e. The zero-order valence-electron chi connectivity index (χ0n) is 15.4. The number of carbonyl (C=O) groups is 1. The molecule has 2 heterocycles. The number of aryl methyl sites for hydroxylation is 2. The normalized spacial score (nSPS) is 17.2. The first-order valence-electron chi connectivity index (χ1n) is 8.72. The van der Waals surface area contributed by atoms with Gasteiger partial charge in [-0.2, -0.15) is 0 Å². The number of nitrogens with zero attached hydrogens (tertiary/aromatic N) is 3. The number of thiazole rings is 1. The third-order valence-corrected chi connectivity index (χ3v) is 5.56. The van der Waals surface area contributed by atoms with Gasteiger partial charge in [-0.05, 0) is 19.9 Å². The number of rotatable bonds is 6. The second-order valence-corrected chi connectivity index (χ2v) is 7.72. The fraction of sp³-hybridized carbons (Fsp3) is 0.474. The van der Waals surface area contributed by atoms with Gasteiger partial charge in [-0.1, -0.05) is 17.7 Å². The molecule has 1 aromatic heterocycles. The molecular formula is C19H25N3O3S. The minimum absolute atomic E-state index is 0.628. The summed E-state index contributed by atoms with van der Waals surface area (Å²) in [6, 6.07) is 5.02. The van der Waals surface area contributed by atoms with Crippen molar-refractivity contribution < 1.29 is 14.6 Å². The molecule has 0 aliphatic carbocycles. The molecule has 1 aromatic carbocycles. The summed E-state index contributed by atoms with van der Waals surface area (Å²) < 4.78 is 5.42. The lowest BCUT2D eigenvalue weighted by Gasteiger charge is -2.38. The Bertz CT molecular complexity index is 769. The molecule has 2 aromatic rings. The predicted molar refractivity (Wildman–Crippen MR) is 102 cm³/mol.